The van der Waals surface area contributed by atoms with Gasteiger partial charge in [0.15, 0.2) is 5.65 Å². The number of benzene rings is 2. The van der Waals surface area contributed by atoms with Crippen LogP contribution in [-0.2, 0) is 11.2 Å². The Hall–Kier alpha value is -4.60. The van der Waals surface area contributed by atoms with E-state index in [1.807, 2.05) is 12.1 Å². The topological polar surface area (TPSA) is 126 Å². The van der Waals surface area contributed by atoms with Crippen LogP contribution in [-0.4, -0.2) is 37.8 Å². The highest BCUT2D eigenvalue weighted by molar-refractivity contribution is 5.87. The molecule has 0 aliphatic heterocycles. The predicted octanol–water partition coefficient (Wildman–Crippen LogP) is 4.47. The molecular weight excluding hydrogens is 451 g/mol. The molecule has 0 saturated heterocycles. The highest BCUT2D eigenvalue weighted by atomic mass is 19.1. The van der Waals surface area contributed by atoms with Crippen LogP contribution in [0.4, 0.5) is 15.1 Å². The monoisotopic (exact) mass is 472 g/mol. The summed E-state index contributed by atoms with van der Waals surface area (Å²) in [5.74, 6) is -0.214. The van der Waals surface area contributed by atoms with E-state index in [1.165, 1.54) is 6.07 Å². The van der Waals surface area contributed by atoms with Crippen LogP contribution in [0.2, 0.25) is 0 Å². The Kier molecular flexibility index (Phi) is 5.69. The number of amides is 1. The quantitative estimate of drug-likeness (QED) is 0.347. The summed E-state index contributed by atoms with van der Waals surface area (Å²) in [4.78, 5) is 35.5. The molecule has 5 aromatic rings. The number of nitrogens with zero attached hydrogens (tertiary/aromatic N) is 3. The lowest BCUT2D eigenvalue weighted by molar-refractivity contribution is 0.167. The second-order valence-corrected chi connectivity index (χ2v) is 7.96. The van der Waals surface area contributed by atoms with Crippen LogP contribution < -0.4 is 10.9 Å². The maximum atomic E-state index is 15.0. The van der Waals surface area contributed by atoms with Crippen molar-refractivity contribution in [1.29, 1.82) is 0 Å². The van der Waals surface area contributed by atoms with Gasteiger partial charge in [-0.15, -0.1) is 0 Å². The summed E-state index contributed by atoms with van der Waals surface area (Å²) in [6.45, 7) is 3.70. The van der Waals surface area contributed by atoms with E-state index in [0.29, 0.717) is 45.5 Å². The Labute approximate surface area is 198 Å². The Bertz CT molecular complexity index is 1640. The Morgan fingerprint density at radius 1 is 1.09 bits per heavy atom. The average Bonchev–Trinajstić information content (AvgIpc) is 3.22. The third kappa shape index (κ3) is 4.33. The lowest BCUT2D eigenvalue weighted by atomic mass is 9.98. The lowest BCUT2D eigenvalue weighted by Crippen LogP contribution is -2.14. The zero-order valence-electron chi connectivity index (χ0n) is 19.0. The van der Waals surface area contributed by atoms with Gasteiger partial charge in [0.25, 0.3) is 5.56 Å². The maximum Gasteiger partial charge on any atom is 0.413 e. The number of rotatable bonds is 5. The number of pyridine rings is 1. The van der Waals surface area contributed by atoms with E-state index < -0.39 is 11.9 Å². The van der Waals surface area contributed by atoms with Crippen LogP contribution in [0.1, 0.15) is 23.9 Å². The molecule has 35 heavy (non-hydrogen) atoms. The number of anilines is 1. The van der Waals surface area contributed by atoms with Crippen molar-refractivity contribution < 1.29 is 13.9 Å². The second-order valence-electron chi connectivity index (χ2n) is 7.96. The van der Waals surface area contributed by atoms with Crippen LogP contribution >= 0.6 is 0 Å². The number of carbonyl (C=O) groups is 1. The van der Waals surface area contributed by atoms with E-state index in [2.05, 4.69) is 30.5 Å². The van der Waals surface area contributed by atoms with Gasteiger partial charge in [0.1, 0.15) is 5.82 Å². The van der Waals surface area contributed by atoms with Gasteiger partial charge in [0.2, 0.25) is 5.95 Å². The number of hydrogen-bond acceptors (Lipinski definition) is 6. The van der Waals surface area contributed by atoms with Crippen molar-refractivity contribution in [3.05, 3.63) is 81.7 Å². The summed E-state index contributed by atoms with van der Waals surface area (Å²) >= 11 is 0. The first kappa shape index (κ1) is 22.2. The van der Waals surface area contributed by atoms with Gasteiger partial charge in [-0.1, -0.05) is 24.3 Å². The first-order valence-electron chi connectivity index (χ1n) is 11.0. The number of fused-ring (bicyclic) bond motifs is 2. The van der Waals surface area contributed by atoms with Gasteiger partial charge >= 0.3 is 6.09 Å². The van der Waals surface area contributed by atoms with Crippen molar-refractivity contribution in [3.63, 3.8) is 0 Å². The molecule has 3 N–H and O–H groups in total. The molecule has 0 fully saturated rings. The van der Waals surface area contributed by atoms with E-state index in [9.17, 15) is 14.0 Å². The molecule has 2 aromatic carbocycles. The normalized spacial score (nSPS) is 11.2. The standard InChI is InChI=1S/C25H21FN6O3/c1-3-35-25(34)30-24-28-21-12-17(13(2)27-22(21)29-24)18-10-14(8-9-19(18)26)11-20-15-6-4-5-7-16(15)23(33)32-31-20/h4-10,12H,3,11H2,1-2H3,(H,32,33)(H2,27,28,29,30,34). The largest absolute Gasteiger partial charge is 0.450 e. The number of aryl methyl sites for hydroxylation is 1. The lowest BCUT2D eigenvalue weighted by Gasteiger charge is -2.10. The molecule has 0 unspecified atom stereocenters. The molecule has 10 heteroatoms. The van der Waals surface area contributed by atoms with Crippen molar-refractivity contribution in [2.45, 2.75) is 20.3 Å². The molecule has 3 heterocycles. The average molecular weight is 472 g/mol. The van der Waals surface area contributed by atoms with Crippen molar-refractivity contribution in [1.82, 2.24) is 25.1 Å². The number of imidazole rings is 1. The zero-order valence-corrected chi connectivity index (χ0v) is 19.0. The summed E-state index contributed by atoms with van der Waals surface area (Å²) in [6.07, 6.45) is -0.234. The fraction of sp³-hybridized carbons (Fsp3) is 0.160. The molecule has 0 spiro atoms. The molecule has 9 nitrogen and oxygen atoms in total. The van der Waals surface area contributed by atoms with E-state index in [4.69, 9.17) is 4.74 Å². The van der Waals surface area contributed by atoms with Gasteiger partial charge < -0.3 is 9.72 Å². The smallest absolute Gasteiger partial charge is 0.413 e. The van der Waals surface area contributed by atoms with Crippen LogP contribution in [0.15, 0.2) is 53.3 Å². The van der Waals surface area contributed by atoms with Crippen molar-refractivity contribution >= 4 is 34.0 Å². The molecule has 1 amide bonds. The summed E-state index contributed by atoms with van der Waals surface area (Å²) in [7, 11) is 0. The third-order valence-electron chi connectivity index (χ3n) is 5.63. The Morgan fingerprint density at radius 3 is 2.69 bits per heavy atom. The minimum absolute atomic E-state index is 0.188. The van der Waals surface area contributed by atoms with Gasteiger partial charge in [0.05, 0.1) is 23.2 Å². The summed E-state index contributed by atoms with van der Waals surface area (Å²) in [6, 6.07) is 13.8. The van der Waals surface area contributed by atoms with Gasteiger partial charge in [-0.2, -0.15) is 10.1 Å². The van der Waals surface area contributed by atoms with Crippen LogP contribution in [0, 0.1) is 12.7 Å². The molecule has 0 aliphatic carbocycles. The highest BCUT2D eigenvalue weighted by Gasteiger charge is 2.16. The van der Waals surface area contributed by atoms with Gasteiger partial charge in [-0.05, 0) is 43.7 Å². The number of aromatic nitrogens is 5. The van der Waals surface area contributed by atoms with Gasteiger partial charge in [0, 0.05) is 28.6 Å². The maximum absolute atomic E-state index is 15.0. The van der Waals surface area contributed by atoms with E-state index in [1.54, 1.807) is 44.2 Å². The van der Waals surface area contributed by atoms with Crippen LogP contribution in [0.25, 0.3) is 33.1 Å². The van der Waals surface area contributed by atoms with Crippen LogP contribution in [0.3, 0.4) is 0 Å². The fourth-order valence-corrected chi connectivity index (χ4v) is 4.02. The molecule has 0 saturated carbocycles. The van der Waals surface area contributed by atoms with E-state index >= 15 is 0 Å². The third-order valence-corrected chi connectivity index (χ3v) is 5.63. The van der Waals surface area contributed by atoms with E-state index in [0.717, 1.165) is 10.9 Å². The second kappa shape index (κ2) is 8.98. The first-order valence-corrected chi connectivity index (χ1v) is 11.0. The summed E-state index contributed by atoms with van der Waals surface area (Å²) < 4.78 is 19.8. The highest BCUT2D eigenvalue weighted by Crippen LogP contribution is 2.30. The number of nitrogens with one attached hydrogen (secondary N) is 3. The number of ether oxygens (including phenoxy) is 1. The summed E-state index contributed by atoms with van der Waals surface area (Å²) in [5.41, 5.74) is 3.71. The molecule has 0 atom stereocenters. The van der Waals surface area contributed by atoms with Crippen molar-refractivity contribution in [2.24, 2.45) is 0 Å². The minimum Gasteiger partial charge on any atom is -0.450 e. The van der Waals surface area contributed by atoms with Gasteiger partial charge in [-0.25, -0.2) is 19.3 Å². The molecular formula is C25H21FN6O3. The van der Waals surface area contributed by atoms with Crippen molar-refractivity contribution in [3.8, 4) is 11.1 Å². The van der Waals surface area contributed by atoms with E-state index in [-0.39, 0.29) is 18.1 Å². The van der Waals surface area contributed by atoms with Crippen molar-refractivity contribution in [2.75, 3.05) is 11.9 Å². The number of carbonyl (C=O) groups excluding carboxylic acids is 1. The Balaban J connectivity index is 1.52. The number of hydrogen-bond donors (Lipinski definition) is 3. The number of halogens is 1. The molecule has 0 aliphatic rings. The molecule has 3 aromatic heterocycles. The predicted molar refractivity (Wildman–Crippen MR) is 130 cm³/mol. The Morgan fingerprint density at radius 2 is 1.89 bits per heavy atom. The van der Waals surface area contributed by atoms with Crippen LogP contribution in [0.5, 0.6) is 0 Å². The molecule has 5 rings (SSSR count). The SMILES string of the molecule is CCOC(=O)Nc1nc2nc(C)c(-c3cc(Cc4n[nH]c(=O)c5ccccc45)ccc3F)cc2[nH]1. The molecule has 176 valence electrons. The zero-order chi connectivity index (χ0) is 24.5. The summed E-state index contributed by atoms with van der Waals surface area (Å²) in [5, 5.41) is 10.6. The first-order chi connectivity index (χ1) is 16.9. The number of aromatic amines is 2. The van der Waals surface area contributed by atoms with Gasteiger partial charge in [-0.3, -0.25) is 10.1 Å². The fourth-order valence-electron chi connectivity index (χ4n) is 4.02. The minimum atomic E-state index is -0.634. The number of H-pyrrole nitrogens is 2. The molecule has 0 radical (unpaired) electrons. The molecule has 0 bridgehead atoms.